The van der Waals surface area contributed by atoms with Crippen LogP contribution in [0, 0.1) is 18.8 Å². The van der Waals surface area contributed by atoms with Gasteiger partial charge in [-0.1, -0.05) is 29.8 Å². The molecule has 2 amide bonds. The van der Waals surface area contributed by atoms with Crippen LogP contribution >= 0.6 is 22.9 Å². The predicted molar refractivity (Wildman–Crippen MR) is 196 cm³/mol. The molecule has 3 heterocycles. The van der Waals surface area contributed by atoms with E-state index in [2.05, 4.69) is 43.3 Å². The molecule has 1 aromatic heterocycles. The molecule has 0 radical (unpaired) electrons. The van der Waals surface area contributed by atoms with Gasteiger partial charge in [0.2, 0.25) is 5.91 Å². The molecule has 1 saturated carbocycles. The molecule has 2 aliphatic heterocycles. The highest BCUT2D eigenvalue weighted by Crippen LogP contribution is 2.42. The zero-order valence-electron chi connectivity index (χ0n) is 28.2. The first-order valence-electron chi connectivity index (χ1n) is 17.2. The third-order valence-corrected chi connectivity index (χ3v) is 12.6. The van der Waals surface area contributed by atoms with Crippen molar-refractivity contribution in [2.24, 2.45) is 16.2 Å². The summed E-state index contributed by atoms with van der Waals surface area (Å²) in [6.07, 6.45) is 10.6. The summed E-state index contributed by atoms with van der Waals surface area (Å²) in [6.45, 7) is 3.81. The summed E-state index contributed by atoms with van der Waals surface area (Å²) >= 11 is 7.97. The quantitative estimate of drug-likeness (QED) is 0.272. The van der Waals surface area contributed by atoms with Gasteiger partial charge in [-0.3, -0.25) is 14.3 Å². The fourth-order valence-corrected chi connectivity index (χ4v) is 9.38. The van der Waals surface area contributed by atoms with Gasteiger partial charge < -0.3 is 14.4 Å². The number of allylic oxidation sites excluding steroid dienone is 1. The Morgan fingerprint density at radius 2 is 2.04 bits per heavy atom. The first kappa shape index (κ1) is 35.6. The fourth-order valence-electron chi connectivity index (χ4n) is 6.91. The number of hydrogen-bond acceptors (Lipinski definition) is 8. The van der Waals surface area contributed by atoms with E-state index < -0.39 is 21.7 Å². The molecule has 9 nitrogen and oxygen atoms in total. The molecule has 4 atom stereocenters. The van der Waals surface area contributed by atoms with Crippen molar-refractivity contribution in [2.75, 3.05) is 30.9 Å². The van der Waals surface area contributed by atoms with Crippen molar-refractivity contribution in [3.8, 4) is 5.75 Å². The Hall–Kier alpha value is -3.25. The van der Waals surface area contributed by atoms with Gasteiger partial charge >= 0.3 is 0 Å². The van der Waals surface area contributed by atoms with Crippen molar-refractivity contribution in [1.82, 2.24) is 9.71 Å². The Morgan fingerprint density at radius 3 is 2.82 bits per heavy atom. The van der Waals surface area contributed by atoms with Crippen LogP contribution in [0.1, 0.15) is 77.1 Å². The summed E-state index contributed by atoms with van der Waals surface area (Å²) in [5, 5.41) is 3.56. The molecule has 0 saturated heterocycles. The third-order valence-electron chi connectivity index (χ3n) is 9.70. The van der Waals surface area contributed by atoms with Gasteiger partial charge in [0.15, 0.2) is 0 Å². The molecule has 1 unspecified atom stereocenters. The number of amides is 2. The minimum absolute atomic E-state index is 0.0478. The van der Waals surface area contributed by atoms with Crippen LogP contribution in [0.2, 0.25) is 5.02 Å². The van der Waals surface area contributed by atoms with Crippen molar-refractivity contribution in [3.63, 3.8) is 0 Å². The number of fused-ring (bicyclic) bond motifs is 3. The standard InChI is InChI=1S/C37H45ClN4O5S2/c1-25-39-31(24-48-25)14-17-36(43)40-49(45)19-7-3-4-9-34(46-2)32-15-11-29(32)23-42-22-28-10-13-30(38)20-26(28)8-5-6-18-47-35-16-12-27(21-33(35)42)37(44)41-49/h4,9-10,12-13,16,20-21,24,29,32,34H,3,5-8,11,14-15,17-19,22-23H2,1-2H3,(H,40,41,43,44,45)/b9-4+/t29-,32+,34-,49?/m0/s1. The second kappa shape index (κ2) is 16.2. The molecule has 2 aromatic carbocycles. The van der Waals surface area contributed by atoms with Gasteiger partial charge in [-0.2, -0.15) is 0 Å². The fraction of sp³-hybridized carbons (Fsp3) is 0.486. The normalized spacial score (nSPS) is 25.3. The highest BCUT2D eigenvalue weighted by molar-refractivity contribution is 7.92. The lowest BCUT2D eigenvalue weighted by Gasteiger charge is -2.43. The number of rotatable bonds is 5. The van der Waals surface area contributed by atoms with Crippen LogP contribution in [-0.4, -0.2) is 53.1 Å². The molecule has 12 heteroatoms. The molecule has 2 bridgehead atoms. The second-order valence-electron chi connectivity index (χ2n) is 13.2. The summed E-state index contributed by atoms with van der Waals surface area (Å²) in [5.41, 5.74) is 4.30. The van der Waals surface area contributed by atoms with Crippen LogP contribution in [0.5, 0.6) is 5.75 Å². The monoisotopic (exact) mass is 724 g/mol. The number of nitrogens with one attached hydrogen (secondary N) is 1. The largest absolute Gasteiger partial charge is 0.491 e. The van der Waals surface area contributed by atoms with E-state index in [-0.39, 0.29) is 18.3 Å². The van der Waals surface area contributed by atoms with Gasteiger partial charge in [0.25, 0.3) is 5.91 Å². The number of aryl methyl sites for hydroxylation is 3. The predicted octanol–water partition coefficient (Wildman–Crippen LogP) is 7.49. The van der Waals surface area contributed by atoms with E-state index in [1.807, 2.05) is 30.5 Å². The minimum atomic E-state index is -3.41. The lowest BCUT2D eigenvalue weighted by Crippen LogP contribution is -2.43. The molecule has 0 spiro atoms. The number of carbonyl (C=O) groups is 2. The number of benzene rings is 2. The van der Waals surface area contributed by atoms with Crippen LogP contribution < -0.4 is 14.4 Å². The number of methoxy groups -OCH3 is 1. The van der Waals surface area contributed by atoms with Crippen LogP contribution in [0.4, 0.5) is 5.69 Å². The zero-order chi connectivity index (χ0) is 34.4. The Kier molecular flexibility index (Phi) is 11.7. The van der Waals surface area contributed by atoms with Crippen molar-refractivity contribution >= 4 is 50.4 Å². The van der Waals surface area contributed by atoms with Crippen LogP contribution in [0.3, 0.4) is 0 Å². The SMILES string of the molecule is CO[C@H]1/C=C/CCCS(=O)(NC(=O)CCc2csc(C)n2)=NC(=O)c2ccc3c(c2)N(Cc2ccc(Cl)cc2CCCCO3)C[C@@H]2CC[C@H]21. The van der Waals surface area contributed by atoms with E-state index in [1.54, 1.807) is 13.2 Å². The van der Waals surface area contributed by atoms with Crippen molar-refractivity contribution in [3.05, 3.63) is 86.3 Å². The van der Waals surface area contributed by atoms with Crippen molar-refractivity contribution < 1.29 is 23.3 Å². The van der Waals surface area contributed by atoms with Crippen LogP contribution in [0.25, 0.3) is 0 Å². The van der Waals surface area contributed by atoms with E-state index in [1.165, 1.54) is 22.5 Å². The van der Waals surface area contributed by atoms with Gasteiger partial charge in [0.05, 0.1) is 34.9 Å². The minimum Gasteiger partial charge on any atom is -0.491 e. The maximum atomic E-state index is 14.2. The summed E-state index contributed by atoms with van der Waals surface area (Å²) in [7, 11) is -1.66. The first-order valence-corrected chi connectivity index (χ1v) is 20.1. The Bertz CT molecular complexity index is 1820. The van der Waals surface area contributed by atoms with Crippen molar-refractivity contribution in [2.45, 2.75) is 77.4 Å². The number of aromatic nitrogens is 1. The number of carbonyl (C=O) groups excluding carboxylic acids is 2. The summed E-state index contributed by atoms with van der Waals surface area (Å²) in [6, 6.07) is 11.4. The average Bonchev–Trinajstić information content (AvgIpc) is 3.48. The topological polar surface area (TPSA) is 110 Å². The van der Waals surface area contributed by atoms with Gasteiger partial charge in [0, 0.05) is 42.6 Å². The van der Waals surface area contributed by atoms with E-state index in [0.717, 1.165) is 60.1 Å². The lowest BCUT2D eigenvalue weighted by atomic mass is 9.70. The number of ether oxygens (including phenoxy) is 2. The van der Waals surface area contributed by atoms with Gasteiger partial charge in [-0.15, -0.1) is 15.7 Å². The van der Waals surface area contributed by atoms with Crippen LogP contribution in [0.15, 0.2) is 58.3 Å². The second-order valence-corrected chi connectivity index (χ2v) is 16.8. The van der Waals surface area contributed by atoms with Gasteiger partial charge in [0.1, 0.15) is 15.7 Å². The van der Waals surface area contributed by atoms with E-state index in [4.69, 9.17) is 21.1 Å². The smallest absolute Gasteiger partial charge is 0.286 e. The van der Waals surface area contributed by atoms with E-state index in [0.29, 0.717) is 55.6 Å². The molecular weight excluding hydrogens is 680 g/mol. The van der Waals surface area contributed by atoms with Crippen molar-refractivity contribution in [1.29, 1.82) is 0 Å². The van der Waals surface area contributed by atoms with E-state index >= 15 is 0 Å². The average molecular weight is 725 g/mol. The number of halogens is 1. The number of thiazole rings is 1. The van der Waals surface area contributed by atoms with Gasteiger partial charge in [-0.05, 0) is 112 Å². The molecule has 49 heavy (non-hydrogen) atoms. The molecule has 3 aromatic rings. The van der Waals surface area contributed by atoms with Gasteiger partial charge in [-0.25, -0.2) is 9.19 Å². The molecule has 262 valence electrons. The molecule has 3 aliphatic rings. The maximum absolute atomic E-state index is 14.2. The first-order chi connectivity index (χ1) is 23.7. The summed E-state index contributed by atoms with van der Waals surface area (Å²) in [5.74, 6) is 0.406. The third kappa shape index (κ3) is 9.11. The highest BCUT2D eigenvalue weighted by Gasteiger charge is 2.38. The Balaban J connectivity index is 1.37. The molecule has 1 aliphatic carbocycles. The molecule has 6 rings (SSSR count). The van der Waals surface area contributed by atoms with E-state index in [9.17, 15) is 13.8 Å². The van der Waals surface area contributed by atoms with Crippen LogP contribution in [-0.2, 0) is 38.8 Å². The molecular formula is C37H45ClN4O5S2. The Morgan fingerprint density at radius 1 is 1.16 bits per heavy atom. The number of hydrogen-bond donors (Lipinski definition) is 1. The summed E-state index contributed by atoms with van der Waals surface area (Å²) < 4.78 is 33.5. The lowest BCUT2D eigenvalue weighted by molar-refractivity contribution is -0.119. The number of anilines is 1. The number of nitrogens with zero attached hydrogens (tertiary/aromatic N) is 3. The summed E-state index contributed by atoms with van der Waals surface area (Å²) in [4.78, 5) is 33.6. The zero-order valence-corrected chi connectivity index (χ0v) is 30.6. The maximum Gasteiger partial charge on any atom is 0.286 e. The highest BCUT2D eigenvalue weighted by atomic mass is 35.5. The Labute approximate surface area is 298 Å². The molecule has 1 fully saturated rings. The molecule has 1 N–H and O–H groups in total.